The van der Waals surface area contributed by atoms with E-state index in [0.29, 0.717) is 11.1 Å². The van der Waals surface area contributed by atoms with Gasteiger partial charge in [-0.3, -0.25) is 14.4 Å². The Kier molecular flexibility index (Phi) is 3.87. The average Bonchev–Trinajstić information content (AvgIpc) is 2.55. The Labute approximate surface area is 137 Å². The predicted octanol–water partition coefficient (Wildman–Crippen LogP) is 2.19. The maximum Gasteiger partial charge on any atom is 0.261 e. The van der Waals surface area contributed by atoms with Crippen LogP contribution in [0.15, 0.2) is 53.3 Å². The normalized spacial score (nSPS) is 10.5. The summed E-state index contributed by atoms with van der Waals surface area (Å²) in [4.78, 5) is 39.0. The lowest BCUT2D eigenvalue weighted by Gasteiger charge is -2.11. The lowest BCUT2D eigenvalue weighted by molar-refractivity contribution is 0.100. The molecule has 0 unspecified atom stereocenters. The number of nitrogens with one attached hydrogen (secondary N) is 2. The minimum Gasteiger partial charge on any atom is -0.366 e. The molecule has 24 heavy (non-hydrogen) atoms. The molecule has 0 fully saturated rings. The summed E-state index contributed by atoms with van der Waals surface area (Å²) in [6.07, 6.45) is 0. The number of primary amides is 1. The zero-order valence-electron chi connectivity index (χ0n) is 12.9. The molecule has 2 amide bonds. The van der Waals surface area contributed by atoms with Gasteiger partial charge < -0.3 is 16.0 Å². The number of rotatable bonds is 3. The molecule has 0 aliphatic carbocycles. The highest BCUT2D eigenvalue weighted by Crippen LogP contribution is 2.19. The highest BCUT2D eigenvalue weighted by molar-refractivity contribution is 6.10. The highest BCUT2D eigenvalue weighted by atomic mass is 16.2. The molecular weight excluding hydrogens is 306 g/mol. The van der Waals surface area contributed by atoms with Gasteiger partial charge in [-0.15, -0.1) is 0 Å². The number of benzene rings is 2. The van der Waals surface area contributed by atoms with E-state index in [-0.39, 0.29) is 16.8 Å². The van der Waals surface area contributed by atoms with Crippen molar-refractivity contribution < 1.29 is 9.59 Å². The third-order valence-electron chi connectivity index (χ3n) is 3.85. The lowest BCUT2D eigenvalue weighted by atomic mass is 10.0. The van der Waals surface area contributed by atoms with Crippen molar-refractivity contribution in [1.82, 2.24) is 4.98 Å². The monoisotopic (exact) mass is 321 g/mol. The molecule has 6 nitrogen and oxygen atoms in total. The van der Waals surface area contributed by atoms with Gasteiger partial charge in [-0.2, -0.15) is 0 Å². The van der Waals surface area contributed by atoms with Crippen molar-refractivity contribution >= 4 is 28.4 Å². The summed E-state index contributed by atoms with van der Waals surface area (Å²) in [5.41, 5.74) is 6.51. The van der Waals surface area contributed by atoms with Crippen LogP contribution < -0.4 is 16.6 Å². The van der Waals surface area contributed by atoms with Crippen LogP contribution in [0.2, 0.25) is 0 Å². The number of carbonyl (C=O) groups is 2. The van der Waals surface area contributed by atoms with Gasteiger partial charge in [0.1, 0.15) is 5.56 Å². The maximum absolute atomic E-state index is 12.6. The Morgan fingerprint density at radius 3 is 2.46 bits per heavy atom. The number of aryl methyl sites for hydroxylation is 1. The first-order valence-electron chi connectivity index (χ1n) is 7.31. The van der Waals surface area contributed by atoms with E-state index in [1.54, 1.807) is 37.3 Å². The summed E-state index contributed by atoms with van der Waals surface area (Å²) in [7, 11) is 0. The van der Waals surface area contributed by atoms with Gasteiger partial charge in [0.2, 0.25) is 0 Å². The van der Waals surface area contributed by atoms with Crippen LogP contribution in [0.25, 0.3) is 10.9 Å². The zero-order valence-corrected chi connectivity index (χ0v) is 12.9. The number of nitrogens with two attached hydrogens (primary N) is 1. The van der Waals surface area contributed by atoms with Crippen molar-refractivity contribution in [2.45, 2.75) is 6.92 Å². The number of fused-ring (bicyclic) bond motifs is 1. The number of anilines is 1. The summed E-state index contributed by atoms with van der Waals surface area (Å²) in [6.45, 7) is 1.71. The minimum absolute atomic E-state index is 0.00738. The Balaban J connectivity index is 2.07. The number of pyridine rings is 1. The second kappa shape index (κ2) is 6.00. The molecule has 3 aromatic rings. The summed E-state index contributed by atoms with van der Waals surface area (Å²) in [5.74, 6) is -1.25. The van der Waals surface area contributed by atoms with Crippen LogP contribution in [0.1, 0.15) is 26.3 Å². The van der Waals surface area contributed by atoms with Crippen molar-refractivity contribution in [2.24, 2.45) is 5.73 Å². The number of amides is 2. The average molecular weight is 321 g/mol. The van der Waals surface area contributed by atoms with Gasteiger partial charge in [0.15, 0.2) is 0 Å². The van der Waals surface area contributed by atoms with Crippen LogP contribution in [0.5, 0.6) is 0 Å². The van der Waals surface area contributed by atoms with Crippen LogP contribution in [-0.4, -0.2) is 16.8 Å². The molecule has 0 aliphatic heterocycles. The van der Waals surface area contributed by atoms with Crippen molar-refractivity contribution in [3.8, 4) is 0 Å². The number of aromatic nitrogens is 1. The largest absolute Gasteiger partial charge is 0.366 e. The van der Waals surface area contributed by atoms with Crippen LogP contribution in [0.4, 0.5) is 5.69 Å². The quantitative estimate of drug-likeness (QED) is 0.688. The van der Waals surface area contributed by atoms with Gasteiger partial charge in [0, 0.05) is 10.9 Å². The number of hydrogen-bond acceptors (Lipinski definition) is 3. The highest BCUT2D eigenvalue weighted by Gasteiger charge is 2.18. The van der Waals surface area contributed by atoms with E-state index in [0.717, 1.165) is 5.39 Å². The SMILES string of the molecule is Cc1c(C(=O)Nc2ccccc2C(N)=O)c(=O)[nH]c2ccccc12. The molecule has 2 aromatic carbocycles. The molecule has 0 saturated carbocycles. The molecule has 3 rings (SSSR count). The topological polar surface area (TPSA) is 105 Å². The van der Waals surface area contributed by atoms with Gasteiger partial charge in [-0.25, -0.2) is 0 Å². The lowest BCUT2D eigenvalue weighted by Crippen LogP contribution is -2.26. The molecule has 0 aliphatic rings. The van der Waals surface area contributed by atoms with Gasteiger partial charge in [-0.05, 0) is 30.7 Å². The Hall–Kier alpha value is -3.41. The van der Waals surface area contributed by atoms with E-state index < -0.39 is 17.4 Å². The molecule has 0 bridgehead atoms. The summed E-state index contributed by atoms with van der Waals surface area (Å²) >= 11 is 0. The fourth-order valence-electron chi connectivity index (χ4n) is 2.67. The van der Waals surface area contributed by atoms with Crippen LogP contribution >= 0.6 is 0 Å². The number of carbonyl (C=O) groups excluding carboxylic acids is 2. The molecule has 6 heteroatoms. The maximum atomic E-state index is 12.6. The summed E-state index contributed by atoms with van der Waals surface area (Å²) in [5, 5.41) is 3.38. The van der Waals surface area contributed by atoms with E-state index >= 15 is 0 Å². The molecule has 0 atom stereocenters. The van der Waals surface area contributed by atoms with E-state index in [1.165, 1.54) is 6.07 Å². The van der Waals surface area contributed by atoms with Crippen molar-refractivity contribution in [1.29, 1.82) is 0 Å². The molecule has 0 spiro atoms. The molecule has 120 valence electrons. The fourth-order valence-corrected chi connectivity index (χ4v) is 2.67. The summed E-state index contributed by atoms with van der Waals surface area (Å²) in [6, 6.07) is 13.6. The van der Waals surface area contributed by atoms with E-state index in [4.69, 9.17) is 5.73 Å². The smallest absolute Gasteiger partial charge is 0.261 e. The zero-order chi connectivity index (χ0) is 17.3. The minimum atomic E-state index is -0.657. The second-order valence-electron chi connectivity index (χ2n) is 5.36. The van der Waals surface area contributed by atoms with Gasteiger partial charge >= 0.3 is 0 Å². The Morgan fingerprint density at radius 1 is 1.04 bits per heavy atom. The van der Waals surface area contributed by atoms with Crippen molar-refractivity contribution in [3.05, 3.63) is 75.6 Å². The van der Waals surface area contributed by atoms with Gasteiger partial charge in [-0.1, -0.05) is 30.3 Å². The molecule has 4 N–H and O–H groups in total. The van der Waals surface area contributed by atoms with Crippen LogP contribution in [-0.2, 0) is 0 Å². The van der Waals surface area contributed by atoms with Gasteiger partial charge in [0.25, 0.3) is 17.4 Å². The molecular formula is C18H15N3O3. The third-order valence-corrected chi connectivity index (χ3v) is 3.85. The fraction of sp³-hybridized carbons (Fsp3) is 0.0556. The van der Waals surface area contributed by atoms with Crippen LogP contribution in [0.3, 0.4) is 0 Å². The Morgan fingerprint density at radius 2 is 1.71 bits per heavy atom. The molecule has 1 heterocycles. The number of hydrogen-bond donors (Lipinski definition) is 3. The van der Waals surface area contributed by atoms with Gasteiger partial charge in [0.05, 0.1) is 11.3 Å². The number of para-hydroxylation sites is 2. The van der Waals surface area contributed by atoms with E-state index in [9.17, 15) is 14.4 Å². The Bertz CT molecular complexity index is 1020. The number of H-pyrrole nitrogens is 1. The first-order valence-corrected chi connectivity index (χ1v) is 7.31. The van der Waals surface area contributed by atoms with E-state index in [1.807, 2.05) is 12.1 Å². The van der Waals surface area contributed by atoms with Crippen LogP contribution in [0, 0.1) is 6.92 Å². The molecule has 1 aromatic heterocycles. The first-order chi connectivity index (χ1) is 11.5. The van der Waals surface area contributed by atoms with Crippen molar-refractivity contribution in [3.63, 3.8) is 0 Å². The predicted molar refractivity (Wildman–Crippen MR) is 92.2 cm³/mol. The first kappa shape index (κ1) is 15.5. The standard InChI is InChI=1S/C18H15N3O3/c1-10-11-6-2-4-8-13(11)20-17(23)15(10)18(24)21-14-9-5-3-7-12(14)16(19)22/h2-9H,1H3,(H2,19,22)(H,20,23)(H,21,24). The van der Waals surface area contributed by atoms with Crippen molar-refractivity contribution in [2.75, 3.05) is 5.32 Å². The third kappa shape index (κ3) is 2.65. The molecule has 0 radical (unpaired) electrons. The molecule has 0 saturated heterocycles. The van der Waals surface area contributed by atoms with E-state index in [2.05, 4.69) is 10.3 Å². The summed E-state index contributed by atoms with van der Waals surface area (Å²) < 4.78 is 0. The number of aromatic amines is 1. The second-order valence-corrected chi connectivity index (χ2v) is 5.36.